The fourth-order valence-corrected chi connectivity index (χ4v) is 3.15. The minimum atomic E-state index is -0.527. The molecule has 4 rings (SSSR count). The van der Waals surface area contributed by atoms with Gasteiger partial charge in [-0.3, -0.25) is 9.59 Å². The fraction of sp³-hybridized carbons (Fsp3) is 0.167. The van der Waals surface area contributed by atoms with E-state index >= 15 is 0 Å². The van der Waals surface area contributed by atoms with Crippen molar-refractivity contribution >= 4 is 34.1 Å². The lowest BCUT2D eigenvalue weighted by molar-refractivity contribution is -0.118. The van der Waals surface area contributed by atoms with Crippen molar-refractivity contribution in [1.82, 2.24) is 9.97 Å². The summed E-state index contributed by atoms with van der Waals surface area (Å²) in [6.07, 6.45) is 2.94. The van der Waals surface area contributed by atoms with Crippen molar-refractivity contribution in [2.45, 2.75) is 18.3 Å². The van der Waals surface area contributed by atoms with Crippen LogP contribution in [0.3, 0.4) is 0 Å². The number of hydrogen-bond acceptors (Lipinski definition) is 3. The van der Waals surface area contributed by atoms with Gasteiger partial charge in [-0.2, -0.15) is 0 Å². The van der Waals surface area contributed by atoms with Crippen LogP contribution in [0, 0.1) is 0 Å². The van der Waals surface area contributed by atoms with Crippen LogP contribution >= 0.6 is 11.6 Å². The molecule has 1 saturated carbocycles. The number of nitrogens with one attached hydrogen (secondary N) is 2. The number of H-pyrrole nitrogens is 1. The summed E-state index contributed by atoms with van der Waals surface area (Å²) >= 11 is 6.05. The summed E-state index contributed by atoms with van der Waals surface area (Å²) in [7, 11) is 0. The van der Waals surface area contributed by atoms with Gasteiger partial charge in [-0.15, -0.1) is 0 Å². The molecule has 6 heteroatoms. The van der Waals surface area contributed by atoms with Crippen LogP contribution < -0.4 is 10.9 Å². The number of halogens is 1. The molecule has 1 aliphatic rings. The molecule has 0 atom stereocenters. The lowest BCUT2D eigenvalue weighted by Gasteiger charge is -2.16. The highest BCUT2D eigenvalue weighted by Crippen LogP contribution is 2.49. The number of carbonyl (C=O) groups is 1. The van der Waals surface area contributed by atoms with Crippen molar-refractivity contribution in [3.05, 3.63) is 69.7 Å². The molecule has 2 N–H and O–H groups in total. The topological polar surface area (TPSA) is 74.8 Å². The van der Waals surface area contributed by atoms with Gasteiger partial charge >= 0.3 is 0 Å². The lowest BCUT2D eigenvalue weighted by Crippen LogP contribution is -2.27. The van der Waals surface area contributed by atoms with Crippen molar-refractivity contribution in [1.29, 1.82) is 0 Å². The van der Waals surface area contributed by atoms with Crippen LogP contribution in [-0.4, -0.2) is 15.9 Å². The van der Waals surface area contributed by atoms with Gasteiger partial charge < -0.3 is 10.3 Å². The van der Waals surface area contributed by atoms with Crippen molar-refractivity contribution < 1.29 is 4.79 Å². The quantitative estimate of drug-likeness (QED) is 0.769. The Bertz CT molecular complexity index is 1010. The molecule has 1 aromatic heterocycles. The first kappa shape index (κ1) is 14.9. The van der Waals surface area contributed by atoms with Gasteiger partial charge in [-0.05, 0) is 48.7 Å². The van der Waals surface area contributed by atoms with Crippen LogP contribution in [0.4, 0.5) is 5.69 Å². The van der Waals surface area contributed by atoms with Crippen LogP contribution in [0.15, 0.2) is 53.6 Å². The smallest absolute Gasteiger partial charge is 0.258 e. The summed E-state index contributed by atoms with van der Waals surface area (Å²) in [5, 5.41) is 3.99. The van der Waals surface area contributed by atoms with Crippen LogP contribution in [0.1, 0.15) is 18.4 Å². The number of nitrogens with zero attached hydrogens (tertiary/aromatic N) is 1. The molecule has 2 aromatic carbocycles. The molecule has 1 aliphatic carbocycles. The van der Waals surface area contributed by atoms with Crippen LogP contribution in [0.5, 0.6) is 0 Å². The highest BCUT2D eigenvalue weighted by Gasteiger charge is 2.51. The number of benzene rings is 2. The van der Waals surface area contributed by atoms with Crippen LogP contribution in [0.2, 0.25) is 5.02 Å². The van der Waals surface area contributed by atoms with Crippen molar-refractivity contribution in [2.75, 3.05) is 5.32 Å². The van der Waals surface area contributed by atoms with Gasteiger partial charge in [0.1, 0.15) is 0 Å². The average molecular weight is 340 g/mol. The second-order valence-electron chi connectivity index (χ2n) is 6.01. The molecule has 1 fully saturated rings. The largest absolute Gasteiger partial charge is 0.325 e. The normalized spacial score (nSPS) is 15.2. The summed E-state index contributed by atoms with van der Waals surface area (Å²) < 4.78 is 0. The Morgan fingerprint density at radius 3 is 2.79 bits per heavy atom. The van der Waals surface area contributed by atoms with E-state index in [1.165, 1.54) is 6.33 Å². The van der Waals surface area contributed by atoms with Gasteiger partial charge in [0.15, 0.2) is 0 Å². The maximum atomic E-state index is 12.8. The van der Waals surface area contributed by atoms with E-state index < -0.39 is 5.41 Å². The molecular formula is C18H14ClN3O2. The summed E-state index contributed by atoms with van der Waals surface area (Å²) in [6, 6.07) is 12.5. The summed E-state index contributed by atoms with van der Waals surface area (Å²) in [6.45, 7) is 0. The molecule has 0 aliphatic heterocycles. The third-order valence-electron chi connectivity index (χ3n) is 4.46. The minimum Gasteiger partial charge on any atom is -0.325 e. The van der Waals surface area contributed by atoms with Crippen LogP contribution in [0.25, 0.3) is 10.9 Å². The van der Waals surface area contributed by atoms with E-state index in [2.05, 4.69) is 15.3 Å². The Labute approximate surface area is 142 Å². The van der Waals surface area contributed by atoms with Gasteiger partial charge in [-0.25, -0.2) is 4.98 Å². The lowest BCUT2D eigenvalue weighted by atomic mass is 9.95. The van der Waals surface area contributed by atoms with Crippen LogP contribution in [-0.2, 0) is 10.2 Å². The molecule has 0 radical (unpaired) electrons. The highest BCUT2D eigenvalue weighted by atomic mass is 35.5. The number of aromatic nitrogens is 2. The number of amides is 1. The van der Waals surface area contributed by atoms with Crippen molar-refractivity contribution in [3.63, 3.8) is 0 Å². The minimum absolute atomic E-state index is 0.0792. The Balaban J connectivity index is 1.65. The van der Waals surface area contributed by atoms with Gasteiger partial charge in [0.25, 0.3) is 5.56 Å². The molecular weight excluding hydrogens is 326 g/mol. The number of rotatable bonds is 3. The van der Waals surface area contributed by atoms with E-state index in [0.29, 0.717) is 21.6 Å². The van der Waals surface area contributed by atoms with E-state index in [0.717, 1.165) is 18.4 Å². The Morgan fingerprint density at radius 1 is 1.21 bits per heavy atom. The summed E-state index contributed by atoms with van der Waals surface area (Å²) in [5.74, 6) is -0.0792. The standard InChI is InChI=1S/C18H14ClN3O2/c19-12-3-1-2-11(8-12)18(6-7-18)17(24)22-13-4-5-15-14(9-13)16(23)21-10-20-15/h1-5,8-10H,6-7H2,(H,22,24)(H,20,21,23). The Kier molecular flexibility index (Phi) is 3.39. The zero-order chi connectivity index (χ0) is 16.7. The van der Waals surface area contributed by atoms with Gasteiger partial charge in [0, 0.05) is 10.7 Å². The predicted octanol–water partition coefficient (Wildman–Crippen LogP) is 3.25. The molecule has 1 amide bonds. The number of aromatic amines is 1. The molecule has 5 nitrogen and oxygen atoms in total. The molecule has 3 aromatic rings. The maximum Gasteiger partial charge on any atom is 0.258 e. The number of carbonyl (C=O) groups excluding carboxylic acids is 1. The molecule has 0 bridgehead atoms. The average Bonchev–Trinajstić information content (AvgIpc) is 3.38. The summed E-state index contributed by atoms with van der Waals surface area (Å²) in [4.78, 5) is 31.3. The monoisotopic (exact) mass is 339 g/mol. The SMILES string of the molecule is O=C(Nc1ccc2nc[nH]c(=O)c2c1)C1(c2cccc(Cl)c2)CC1. The van der Waals surface area contributed by atoms with Gasteiger partial charge in [-0.1, -0.05) is 23.7 Å². The third kappa shape index (κ3) is 2.47. The molecule has 0 spiro atoms. The molecule has 0 saturated heterocycles. The number of fused-ring (bicyclic) bond motifs is 1. The highest BCUT2D eigenvalue weighted by molar-refractivity contribution is 6.30. The third-order valence-corrected chi connectivity index (χ3v) is 4.70. The first-order chi connectivity index (χ1) is 11.6. The second kappa shape index (κ2) is 5.46. The van der Waals surface area contributed by atoms with Gasteiger partial charge in [0.2, 0.25) is 5.91 Å². The zero-order valence-electron chi connectivity index (χ0n) is 12.7. The number of hydrogen-bond donors (Lipinski definition) is 2. The van der Waals surface area contributed by atoms with E-state index in [1.807, 2.05) is 18.2 Å². The maximum absolute atomic E-state index is 12.8. The van der Waals surface area contributed by atoms with E-state index in [9.17, 15) is 9.59 Å². The molecule has 24 heavy (non-hydrogen) atoms. The first-order valence-electron chi connectivity index (χ1n) is 7.63. The fourth-order valence-electron chi connectivity index (χ4n) is 2.96. The summed E-state index contributed by atoms with van der Waals surface area (Å²) in [5.41, 5.74) is 1.34. The predicted molar refractivity (Wildman–Crippen MR) is 93.4 cm³/mol. The van der Waals surface area contributed by atoms with Crippen molar-refractivity contribution in [2.24, 2.45) is 0 Å². The second-order valence-corrected chi connectivity index (χ2v) is 6.45. The first-order valence-corrected chi connectivity index (χ1v) is 8.01. The zero-order valence-corrected chi connectivity index (χ0v) is 13.4. The molecule has 0 unspecified atom stereocenters. The molecule has 120 valence electrons. The van der Waals surface area contributed by atoms with E-state index in [-0.39, 0.29) is 11.5 Å². The van der Waals surface area contributed by atoms with Crippen molar-refractivity contribution in [3.8, 4) is 0 Å². The van der Waals surface area contributed by atoms with E-state index in [1.54, 1.807) is 24.3 Å². The number of anilines is 1. The van der Waals surface area contributed by atoms with Gasteiger partial charge in [0.05, 0.1) is 22.6 Å². The Hall–Kier alpha value is -2.66. The van der Waals surface area contributed by atoms with E-state index in [4.69, 9.17) is 11.6 Å². The Morgan fingerprint density at radius 2 is 2.04 bits per heavy atom. The molecule has 1 heterocycles.